The van der Waals surface area contributed by atoms with E-state index in [4.69, 9.17) is 14.2 Å². The van der Waals surface area contributed by atoms with E-state index in [0.29, 0.717) is 37.0 Å². The molecule has 2 aliphatic heterocycles. The molecule has 3 amide bonds. The average Bonchev–Trinajstić information content (AvgIpc) is 3.07. The molecule has 0 atom stereocenters. The maximum Gasteiger partial charge on any atom is 0.294 e. The van der Waals surface area contributed by atoms with Crippen LogP contribution in [-0.4, -0.2) is 48.3 Å². The van der Waals surface area contributed by atoms with Crippen molar-refractivity contribution in [3.05, 3.63) is 52.9 Å². The maximum atomic E-state index is 12.7. The van der Waals surface area contributed by atoms with Gasteiger partial charge in [0.15, 0.2) is 11.5 Å². The van der Waals surface area contributed by atoms with Crippen LogP contribution in [0.15, 0.2) is 47.4 Å². The van der Waals surface area contributed by atoms with Crippen LogP contribution in [-0.2, 0) is 9.59 Å². The van der Waals surface area contributed by atoms with Crippen molar-refractivity contribution in [2.24, 2.45) is 0 Å². The summed E-state index contributed by atoms with van der Waals surface area (Å²) in [6.07, 6.45) is 3.68. The van der Waals surface area contributed by atoms with Gasteiger partial charge in [-0.15, -0.1) is 0 Å². The number of thioether (sulfide) groups is 1. The molecule has 0 aliphatic carbocycles. The maximum absolute atomic E-state index is 12.7. The number of nitrogens with zero attached hydrogens (tertiary/aromatic N) is 1. The van der Waals surface area contributed by atoms with Gasteiger partial charge in [-0.2, -0.15) is 0 Å². The van der Waals surface area contributed by atoms with E-state index in [1.54, 1.807) is 24.3 Å². The molecule has 1 N–H and O–H groups in total. The third kappa shape index (κ3) is 5.67. The highest BCUT2D eigenvalue weighted by Crippen LogP contribution is 2.34. The van der Waals surface area contributed by atoms with Gasteiger partial charge in [0.05, 0.1) is 11.5 Å². The first kappa shape index (κ1) is 22.7. The van der Waals surface area contributed by atoms with Crippen molar-refractivity contribution in [1.82, 2.24) is 4.90 Å². The van der Waals surface area contributed by atoms with Gasteiger partial charge in [0.25, 0.3) is 11.1 Å². The zero-order valence-corrected chi connectivity index (χ0v) is 19.0. The second-order valence-corrected chi connectivity index (χ2v) is 8.44. The molecule has 2 heterocycles. The summed E-state index contributed by atoms with van der Waals surface area (Å²) in [5.74, 6) is 0.921. The number of unbranched alkanes of at least 4 members (excludes halogenated alkanes) is 1. The molecule has 9 heteroatoms. The van der Waals surface area contributed by atoms with Crippen LogP contribution in [0.2, 0.25) is 0 Å². The van der Waals surface area contributed by atoms with Crippen LogP contribution in [0.25, 0.3) is 6.08 Å². The Kier molecular flexibility index (Phi) is 7.19. The number of ether oxygens (including phenoxy) is 3. The zero-order valence-electron chi connectivity index (χ0n) is 18.2. The summed E-state index contributed by atoms with van der Waals surface area (Å²) in [4.78, 5) is 38.7. The van der Waals surface area contributed by atoms with Crippen LogP contribution in [0, 0.1) is 0 Å². The first-order valence-electron chi connectivity index (χ1n) is 10.7. The number of amides is 3. The Hall–Kier alpha value is -3.46. The molecule has 1 saturated heterocycles. The molecule has 2 aliphatic rings. The summed E-state index contributed by atoms with van der Waals surface area (Å²) in [6, 6.07) is 12.3. The monoisotopic (exact) mass is 468 g/mol. The number of rotatable bonds is 8. The van der Waals surface area contributed by atoms with Gasteiger partial charge in [0.1, 0.15) is 25.5 Å². The summed E-state index contributed by atoms with van der Waals surface area (Å²) in [5.41, 5.74) is 1.26. The Morgan fingerprint density at radius 1 is 1.12 bits per heavy atom. The number of benzene rings is 2. The van der Waals surface area contributed by atoms with Crippen molar-refractivity contribution in [3.8, 4) is 17.2 Å². The van der Waals surface area contributed by atoms with Gasteiger partial charge in [0.2, 0.25) is 5.91 Å². The summed E-state index contributed by atoms with van der Waals surface area (Å²) in [6.45, 7) is 3.29. The van der Waals surface area contributed by atoms with Crippen LogP contribution >= 0.6 is 11.8 Å². The Bertz CT molecular complexity index is 1080. The number of fused-ring (bicyclic) bond motifs is 1. The second kappa shape index (κ2) is 10.4. The minimum atomic E-state index is -0.495. The van der Waals surface area contributed by atoms with E-state index < -0.39 is 17.1 Å². The van der Waals surface area contributed by atoms with Gasteiger partial charge in [0, 0.05) is 11.8 Å². The van der Waals surface area contributed by atoms with Crippen LogP contribution in [0.5, 0.6) is 17.2 Å². The minimum Gasteiger partial charge on any atom is -0.494 e. The van der Waals surface area contributed by atoms with Crippen LogP contribution in [0.3, 0.4) is 0 Å². The molecule has 0 bridgehead atoms. The van der Waals surface area contributed by atoms with E-state index >= 15 is 0 Å². The number of carbonyl (C=O) groups excluding carboxylic acids is 3. The molecule has 4 rings (SSSR count). The fraction of sp³-hybridized carbons (Fsp3) is 0.292. The molecule has 0 radical (unpaired) electrons. The Labute approximate surface area is 195 Å². The fourth-order valence-electron chi connectivity index (χ4n) is 3.25. The lowest BCUT2D eigenvalue weighted by Gasteiger charge is -2.19. The highest BCUT2D eigenvalue weighted by atomic mass is 32.2. The molecule has 0 unspecified atom stereocenters. The largest absolute Gasteiger partial charge is 0.494 e. The fourth-order valence-corrected chi connectivity index (χ4v) is 4.09. The van der Waals surface area contributed by atoms with Crippen molar-refractivity contribution >= 4 is 40.6 Å². The van der Waals surface area contributed by atoms with Gasteiger partial charge in [-0.1, -0.05) is 25.5 Å². The predicted molar refractivity (Wildman–Crippen MR) is 126 cm³/mol. The highest BCUT2D eigenvalue weighted by Gasteiger charge is 2.36. The van der Waals surface area contributed by atoms with Gasteiger partial charge >= 0.3 is 0 Å². The highest BCUT2D eigenvalue weighted by molar-refractivity contribution is 8.18. The quantitative estimate of drug-likeness (QED) is 0.456. The normalized spacial score (nSPS) is 16.3. The van der Waals surface area contributed by atoms with Gasteiger partial charge < -0.3 is 19.5 Å². The summed E-state index contributed by atoms with van der Waals surface area (Å²) >= 11 is 0.815. The van der Waals surface area contributed by atoms with E-state index in [1.165, 1.54) is 0 Å². The molecule has 33 heavy (non-hydrogen) atoms. The van der Waals surface area contributed by atoms with Crippen LogP contribution in [0.1, 0.15) is 25.3 Å². The lowest BCUT2D eigenvalue weighted by molar-refractivity contribution is -0.127. The third-order valence-electron chi connectivity index (χ3n) is 4.95. The third-order valence-corrected chi connectivity index (χ3v) is 5.85. The SMILES string of the molecule is CCCCOc1ccc(/C=C2\SC(=O)N(CC(=O)Nc3ccc4c(c3)OCCO4)C2=O)cc1. The van der Waals surface area contributed by atoms with Crippen molar-refractivity contribution in [3.63, 3.8) is 0 Å². The summed E-state index contributed by atoms with van der Waals surface area (Å²) < 4.78 is 16.6. The molecular formula is C24H24N2O6S. The first-order chi connectivity index (χ1) is 16.0. The number of nitrogens with one attached hydrogen (secondary N) is 1. The molecule has 2 aromatic carbocycles. The molecule has 0 spiro atoms. The Morgan fingerprint density at radius 3 is 2.64 bits per heavy atom. The lowest BCUT2D eigenvalue weighted by Crippen LogP contribution is -2.36. The first-order valence-corrected chi connectivity index (χ1v) is 11.5. The number of imide groups is 1. The molecule has 0 saturated carbocycles. The smallest absolute Gasteiger partial charge is 0.294 e. The number of carbonyl (C=O) groups is 3. The van der Waals surface area contributed by atoms with E-state index in [9.17, 15) is 14.4 Å². The average molecular weight is 469 g/mol. The molecule has 2 aromatic rings. The van der Waals surface area contributed by atoms with Crippen molar-refractivity contribution < 1.29 is 28.6 Å². The van der Waals surface area contributed by atoms with E-state index in [1.807, 2.05) is 24.3 Å². The van der Waals surface area contributed by atoms with Crippen molar-refractivity contribution in [2.75, 3.05) is 31.7 Å². The van der Waals surface area contributed by atoms with Crippen LogP contribution in [0.4, 0.5) is 10.5 Å². The topological polar surface area (TPSA) is 94.2 Å². The number of hydrogen-bond acceptors (Lipinski definition) is 7. The Balaban J connectivity index is 1.36. The van der Waals surface area contributed by atoms with Crippen molar-refractivity contribution in [2.45, 2.75) is 19.8 Å². The van der Waals surface area contributed by atoms with E-state index in [0.717, 1.165) is 40.8 Å². The summed E-state index contributed by atoms with van der Waals surface area (Å²) in [7, 11) is 0. The van der Waals surface area contributed by atoms with Gasteiger partial charge in [-0.25, -0.2) is 0 Å². The molecule has 1 fully saturated rings. The van der Waals surface area contributed by atoms with E-state index in [2.05, 4.69) is 12.2 Å². The zero-order chi connectivity index (χ0) is 23.2. The van der Waals surface area contributed by atoms with Gasteiger partial charge in [-0.3, -0.25) is 19.3 Å². The number of anilines is 1. The van der Waals surface area contributed by atoms with Gasteiger partial charge in [-0.05, 0) is 54.1 Å². The summed E-state index contributed by atoms with van der Waals surface area (Å²) in [5, 5.41) is 2.21. The lowest BCUT2D eigenvalue weighted by atomic mass is 10.2. The molecular weight excluding hydrogens is 444 g/mol. The standard InChI is InChI=1S/C24H24N2O6S/c1-2-3-10-30-18-7-4-16(5-8-18)13-21-23(28)26(24(29)33-21)15-22(27)25-17-6-9-19-20(14-17)32-12-11-31-19/h4-9,13-14H,2-3,10-12,15H2,1H3,(H,25,27)/b21-13-. The second-order valence-electron chi connectivity index (χ2n) is 7.45. The predicted octanol–water partition coefficient (Wildman–Crippen LogP) is 4.31. The minimum absolute atomic E-state index is 0.270. The molecule has 8 nitrogen and oxygen atoms in total. The number of hydrogen-bond donors (Lipinski definition) is 1. The van der Waals surface area contributed by atoms with Crippen molar-refractivity contribution in [1.29, 1.82) is 0 Å². The Morgan fingerprint density at radius 2 is 1.88 bits per heavy atom. The molecule has 0 aromatic heterocycles. The van der Waals surface area contributed by atoms with E-state index in [-0.39, 0.29) is 11.4 Å². The van der Waals surface area contributed by atoms with Crippen LogP contribution < -0.4 is 19.5 Å². The molecule has 172 valence electrons.